The molecule has 2 aromatic rings. The van der Waals surface area contributed by atoms with Crippen LogP contribution in [0.3, 0.4) is 0 Å². The van der Waals surface area contributed by atoms with Gasteiger partial charge >= 0.3 is 0 Å². The molecule has 0 fully saturated rings. The second kappa shape index (κ2) is 6.09. The molecule has 0 bridgehead atoms. The summed E-state index contributed by atoms with van der Waals surface area (Å²) in [5.41, 5.74) is 1.51. The maximum absolute atomic E-state index is 10.3. The normalized spacial score (nSPS) is 14.2. The first kappa shape index (κ1) is 13.2. The average molecular weight is 308 g/mol. The molecule has 1 aromatic heterocycles. The molecule has 0 radical (unpaired) electrons. The van der Waals surface area contributed by atoms with Crippen LogP contribution >= 0.6 is 15.9 Å². The van der Waals surface area contributed by atoms with Crippen LogP contribution in [0, 0.1) is 0 Å². The van der Waals surface area contributed by atoms with E-state index in [-0.39, 0.29) is 0 Å². The van der Waals surface area contributed by atoms with Crippen LogP contribution in [0.15, 0.2) is 53.1 Å². The van der Waals surface area contributed by atoms with Gasteiger partial charge in [0.15, 0.2) is 0 Å². The number of hydrogen-bond donors (Lipinski definition) is 1. The zero-order chi connectivity index (χ0) is 13.0. The van der Waals surface area contributed by atoms with Crippen molar-refractivity contribution in [2.24, 2.45) is 0 Å². The van der Waals surface area contributed by atoms with Gasteiger partial charge in [0, 0.05) is 7.11 Å². The largest absolute Gasteiger partial charge is 0.384 e. The van der Waals surface area contributed by atoms with E-state index in [1.165, 1.54) is 0 Å². The summed E-state index contributed by atoms with van der Waals surface area (Å²) in [6.45, 7) is 0. The number of methoxy groups -OCH3 is 1. The summed E-state index contributed by atoms with van der Waals surface area (Å²) in [5.74, 6) is 0. The molecule has 1 N–H and O–H groups in total. The van der Waals surface area contributed by atoms with Crippen LogP contribution in [-0.2, 0) is 4.74 Å². The molecular formula is C14H14BrNO2. The molecule has 2 atom stereocenters. The molecule has 0 saturated heterocycles. The lowest BCUT2D eigenvalue weighted by Gasteiger charge is -2.21. The highest BCUT2D eigenvalue weighted by atomic mass is 79.9. The Bertz CT molecular complexity index is 504. The highest BCUT2D eigenvalue weighted by Crippen LogP contribution is 2.30. The van der Waals surface area contributed by atoms with E-state index in [0.717, 1.165) is 5.56 Å². The van der Waals surface area contributed by atoms with Crippen molar-refractivity contribution in [3.8, 4) is 0 Å². The number of hydrogen-bond acceptors (Lipinski definition) is 3. The van der Waals surface area contributed by atoms with Crippen molar-refractivity contribution >= 4 is 15.9 Å². The van der Waals surface area contributed by atoms with Gasteiger partial charge in [-0.05, 0) is 33.6 Å². The van der Waals surface area contributed by atoms with Crippen LogP contribution in [0.5, 0.6) is 0 Å². The number of pyridine rings is 1. The lowest BCUT2D eigenvalue weighted by molar-refractivity contribution is -0.0170. The van der Waals surface area contributed by atoms with Crippen LogP contribution < -0.4 is 0 Å². The molecule has 3 nitrogen and oxygen atoms in total. The number of aliphatic hydroxyl groups is 1. The van der Waals surface area contributed by atoms with Crippen molar-refractivity contribution in [1.29, 1.82) is 0 Å². The summed E-state index contributed by atoms with van der Waals surface area (Å²) in [4.78, 5) is 4.25. The Morgan fingerprint density at radius 3 is 2.44 bits per heavy atom. The number of nitrogens with zero attached hydrogens (tertiary/aromatic N) is 1. The van der Waals surface area contributed by atoms with Crippen molar-refractivity contribution < 1.29 is 9.84 Å². The van der Waals surface area contributed by atoms with E-state index in [2.05, 4.69) is 20.9 Å². The molecular weight excluding hydrogens is 294 g/mol. The summed E-state index contributed by atoms with van der Waals surface area (Å²) in [6, 6.07) is 15.1. The molecule has 0 spiro atoms. The quantitative estimate of drug-likeness (QED) is 0.882. The van der Waals surface area contributed by atoms with Gasteiger partial charge < -0.3 is 9.84 Å². The zero-order valence-corrected chi connectivity index (χ0v) is 11.5. The second-order valence-corrected chi connectivity index (χ2v) is 4.71. The number of rotatable bonds is 4. The SMILES string of the molecule is CO[C@@H](c1ccccc1)[C@@H](O)c1cccc(Br)n1. The van der Waals surface area contributed by atoms with Crippen LogP contribution in [-0.4, -0.2) is 17.2 Å². The topological polar surface area (TPSA) is 42.4 Å². The monoisotopic (exact) mass is 307 g/mol. The molecule has 4 heteroatoms. The average Bonchev–Trinajstić information content (AvgIpc) is 2.41. The minimum absolute atomic E-state index is 0.423. The fourth-order valence-corrected chi connectivity index (χ4v) is 2.19. The Hall–Kier alpha value is -1.23. The molecule has 94 valence electrons. The predicted molar refractivity (Wildman–Crippen MR) is 73.1 cm³/mol. The fourth-order valence-electron chi connectivity index (χ4n) is 1.83. The van der Waals surface area contributed by atoms with E-state index in [1.54, 1.807) is 13.2 Å². The maximum Gasteiger partial charge on any atom is 0.126 e. The number of aromatic nitrogens is 1. The Labute approximate surface area is 115 Å². The highest BCUT2D eigenvalue weighted by molar-refractivity contribution is 9.10. The van der Waals surface area contributed by atoms with Gasteiger partial charge in [0.25, 0.3) is 0 Å². The van der Waals surface area contributed by atoms with Gasteiger partial charge in [-0.2, -0.15) is 0 Å². The fraction of sp³-hybridized carbons (Fsp3) is 0.214. The van der Waals surface area contributed by atoms with E-state index in [4.69, 9.17) is 4.74 Å². The summed E-state index contributed by atoms with van der Waals surface area (Å²) < 4.78 is 6.08. The van der Waals surface area contributed by atoms with Gasteiger partial charge in [0.2, 0.25) is 0 Å². The van der Waals surface area contributed by atoms with Gasteiger partial charge in [-0.1, -0.05) is 36.4 Å². The smallest absolute Gasteiger partial charge is 0.126 e. The minimum Gasteiger partial charge on any atom is -0.384 e. The van der Waals surface area contributed by atoms with E-state index in [0.29, 0.717) is 10.3 Å². The van der Waals surface area contributed by atoms with Crippen molar-refractivity contribution in [3.05, 3.63) is 64.4 Å². The number of ether oxygens (including phenoxy) is 1. The standard InChI is InChI=1S/C14H14BrNO2/c1-18-14(10-6-3-2-4-7-10)13(17)11-8-5-9-12(15)16-11/h2-9,13-14,17H,1H3/t13-,14-/m0/s1. The van der Waals surface area contributed by atoms with Crippen LogP contribution in [0.4, 0.5) is 0 Å². The summed E-state index contributed by atoms with van der Waals surface area (Å²) in [6.07, 6.45) is -1.22. The molecule has 2 rings (SSSR count). The van der Waals surface area contributed by atoms with Crippen molar-refractivity contribution in [1.82, 2.24) is 4.98 Å². The van der Waals surface area contributed by atoms with E-state index in [1.807, 2.05) is 42.5 Å². The minimum atomic E-state index is -0.796. The lowest BCUT2D eigenvalue weighted by atomic mass is 10.0. The summed E-state index contributed by atoms with van der Waals surface area (Å²) in [7, 11) is 1.58. The third-order valence-electron chi connectivity index (χ3n) is 2.71. The predicted octanol–water partition coefficient (Wildman–Crippen LogP) is 3.27. The van der Waals surface area contributed by atoms with Gasteiger partial charge in [-0.25, -0.2) is 4.98 Å². The van der Waals surface area contributed by atoms with Gasteiger partial charge in [0.1, 0.15) is 16.8 Å². The Morgan fingerprint density at radius 2 is 1.83 bits per heavy atom. The van der Waals surface area contributed by atoms with Crippen LogP contribution in [0.2, 0.25) is 0 Å². The highest BCUT2D eigenvalue weighted by Gasteiger charge is 2.23. The van der Waals surface area contributed by atoms with Crippen LogP contribution in [0.1, 0.15) is 23.5 Å². The van der Waals surface area contributed by atoms with Gasteiger partial charge in [-0.15, -0.1) is 0 Å². The zero-order valence-electron chi connectivity index (χ0n) is 9.95. The van der Waals surface area contributed by atoms with E-state index in [9.17, 15) is 5.11 Å². The Balaban J connectivity index is 2.28. The van der Waals surface area contributed by atoms with Crippen molar-refractivity contribution in [2.75, 3.05) is 7.11 Å². The Kier molecular flexibility index (Phi) is 4.47. The summed E-state index contributed by atoms with van der Waals surface area (Å²) in [5, 5.41) is 10.3. The number of benzene rings is 1. The second-order valence-electron chi connectivity index (χ2n) is 3.90. The third-order valence-corrected chi connectivity index (χ3v) is 3.15. The van der Waals surface area contributed by atoms with E-state index < -0.39 is 12.2 Å². The first-order chi connectivity index (χ1) is 8.72. The number of halogens is 1. The first-order valence-corrected chi connectivity index (χ1v) is 6.40. The molecule has 0 aliphatic rings. The third kappa shape index (κ3) is 2.96. The molecule has 0 saturated carbocycles. The number of aliphatic hydroxyl groups excluding tert-OH is 1. The van der Waals surface area contributed by atoms with E-state index >= 15 is 0 Å². The van der Waals surface area contributed by atoms with Crippen molar-refractivity contribution in [2.45, 2.75) is 12.2 Å². The lowest BCUT2D eigenvalue weighted by Crippen LogP contribution is -2.14. The molecule has 1 aromatic carbocycles. The van der Waals surface area contributed by atoms with Crippen molar-refractivity contribution in [3.63, 3.8) is 0 Å². The molecule has 18 heavy (non-hydrogen) atoms. The molecule has 1 heterocycles. The van der Waals surface area contributed by atoms with Gasteiger partial charge in [-0.3, -0.25) is 0 Å². The van der Waals surface area contributed by atoms with Gasteiger partial charge in [0.05, 0.1) is 5.69 Å². The first-order valence-electron chi connectivity index (χ1n) is 5.60. The molecule has 0 amide bonds. The summed E-state index contributed by atoms with van der Waals surface area (Å²) >= 11 is 3.29. The molecule has 0 aliphatic heterocycles. The molecule has 0 aliphatic carbocycles. The Morgan fingerprint density at radius 1 is 1.11 bits per heavy atom. The van der Waals surface area contributed by atoms with Crippen LogP contribution in [0.25, 0.3) is 0 Å². The molecule has 0 unspecified atom stereocenters. The maximum atomic E-state index is 10.3.